The van der Waals surface area contributed by atoms with Crippen LogP contribution in [0.15, 0.2) is 60.7 Å². The Morgan fingerprint density at radius 2 is 1.53 bits per heavy atom. The van der Waals surface area contributed by atoms with Crippen molar-refractivity contribution in [2.24, 2.45) is 11.5 Å². The minimum Gasteiger partial charge on any atom is -0.467 e. The molecule has 2 aliphatic rings. The van der Waals surface area contributed by atoms with Crippen LogP contribution in [0.25, 0.3) is 0 Å². The molecule has 1 saturated heterocycles. The number of methoxy groups -OCH3 is 1. The van der Waals surface area contributed by atoms with Crippen LogP contribution in [-0.2, 0) is 28.2 Å². The summed E-state index contributed by atoms with van der Waals surface area (Å²) in [6.07, 6.45) is -6.62. The fraction of sp³-hybridized carbons (Fsp3) is 0.581. The van der Waals surface area contributed by atoms with Crippen LogP contribution in [0.3, 0.4) is 0 Å². The average Bonchev–Trinajstić information content (AvgIpc) is 3.00. The summed E-state index contributed by atoms with van der Waals surface area (Å²) in [5.41, 5.74) is 13.2. The average molecular weight is 619 g/mol. The summed E-state index contributed by atoms with van der Waals surface area (Å²) in [6.45, 7) is 5.43. The number of nitrogens with two attached hydrogens (primary N) is 2. The van der Waals surface area contributed by atoms with Crippen LogP contribution >= 0.6 is 0 Å². The highest BCUT2D eigenvalue weighted by molar-refractivity contribution is 6.99. The highest BCUT2D eigenvalue weighted by Gasteiger charge is 2.55. The Labute approximate surface area is 254 Å². The first kappa shape index (κ1) is 33.7. The molecule has 11 nitrogen and oxygen atoms in total. The topological polar surface area (TPSA) is 176 Å². The third-order valence-corrected chi connectivity index (χ3v) is 13.5. The molecule has 12 heteroatoms. The molecule has 1 aliphatic heterocycles. The van der Waals surface area contributed by atoms with Crippen molar-refractivity contribution in [1.82, 2.24) is 0 Å². The first-order valence-electron chi connectivity index (χ1n) is 14.7. The van der Waals surface area contributed by atoms with Gasteiger partial charge in [0.25, 0.3) is 8.32 Å². The lowest BCUT2D eigenvalue weighted by molar-refractivity contribution is -0.301. The molecule has 43 heavy (non-hydrogen) atoms. The van der Waals surface area contributed by atoms with Gasteiger partial charge >= 0.3 is 5.97 Å². The van der Waals surface area contributed by atoms with Crippen molar-refractivity contribution >= 4 is 24.7 Å². The SMILES string of the molecule is COC(=O)CO[C@@H]1C(N)C(OC2[C@@H](O)CC[C@H](N)[C@H]2O[Si](c2ccccc2)(c2ccccc2)C(C)(C)C)OC(CO)[C@H]1O. The number of hydrogen-bond donors (Lipinski definition) is 5. The van der Waals surface area contributed by atoms with Gasteiger partial charge in [0.2, 0.25) is 0 Å². The van der Waals surface area contributed by atoms with Crippen LogP contribution in [0.4, 0.5) is 0 Å². The van der Waals surface area contributed by atoms with Gasteiger partial charge in [0.05, 0.1) is 32.0 Å². The smallest absolute Gasteiger partial charge is 0.331 e. The number of carbonyl (C=O) groups excluding carboxylic acids is 1. The van der Waals surface area contributed by atoms with Gasteiger partial charge in [-0.05, 0) is 28.3 Å². The van der Waals surface area contributed by atoms with Crippen molar-refractivity contribution in [1.29, 1.82) is 0 Å². The number of hydrogen-bond acceptors (Lipinski definition) is 11. The molecule has 2 aromatic carbocycles. The molecule has 1 aliphatic carbocycles. The molecule has 2 fully saturated rings. The van der Waals surface area contributed by atoms with Gasteiger partial charge in [-0.25, -0.2) is 4.79 Å². The third-order valence-electron chi connectivity index (χ3n) is 8.46. The Hall–Kier alpha value is -2.23. The highest BCUT2D eigenvalue weighted by Crippen LogP contribution is 2.40. The van der Waals surface area contributed by atoms with Crippen LogP contribution in [0.2, 0.25) is 5.04 Å². The molecule has 7 N–H and O–H groups in total. The van der Waals surface area contributed by atoms with E-state index in [9.17, 15) is 20.1 Å². The van der Waals surface area contributed by atoms with E-state index in [1.165, 1.54) is 7.11 Å². The predicted octanol–water partition coefficient (Wildman–Crippen LogP) is -0.238. The maximum atomic E-state index is 11.7. The van der Waals surface area contributed by atoms with Crippen LogP contribution < -0.4 is 21.8 Å². The normalized spacial score (nSPS) is 31.9. The summed E-state index contributed by atoms with van der Waals surface area (Å²) in [5, 5.41) is 33.8. The zero-order valence-electron chi connectivity index (χ0n) is 25.2. The number of benzene rings is 2. The molecule has 0 bridgehead atoms. The Balaban J connectivity index is 1.72. The van der Waals surface area contributed by atoms with Crippen molar-refractivity contribution in [3.8, 4) is 0 Å². The zero-order chi connectivity index (χ0) is 31.4. The van der Waals surface area contributed by atoms with Crippen LogP contribution in [0.5, 0.6) is 0 Å². The quantitative estimate of drug-likeness (QED) is 0.176. The van der Waals surface area contributed by atoms with Crippen LogP contribution in [0, 0.1) is 0 Å². The van der Waals surface area contributed by atoms with E-state index < -0.39 is 82.5 Å². The van der Waals surface area contributed by atoms with Gasteiger partial charge in [-0.1, -0.05) is 81.4 Å². The van der Waals surface area contributed by atoms with E-state index in [2.05, 4.69) is 49.8 Å². The Morgan fingerprint density at radius 3 is 2.05 bits per heavy atom. The van der Waals surface area contributed by atoms with Gasteiger partial charge in [0.1, 0.15) is 31.0 Å². The number of ether oxygens (including phenoxy) is 4. The van der Waals surface area contributed by atoms with Crippen molar-refractivity contribution < 1.29 is 43.5 Å². The Bertz CT molecular complexity index is 1130. The first-order valence-corrected chi connectivity index (χ1v) is 16.6. The summed E-state index contributed by atoms with van der Waals surface area (Å²) in [5.74, 6) is -0.656. The molecule has 2 aromatic rings. The van der Waals surface area contributed by atoms with Gasteiger partial charge in [0, 0.05) is 6.04 Å². The second-order valence-electron chi connectivity index (χ2n) is 12.3. The molecule has 1 heterocycles. The fourth-order valence-electron chi connectivity index (χ4n) is 6.17. The molecule has 9 atom stereocenters. The number of carbonyl (C=O) groups is 1. The molecule has 0 aromatic heterocycles. The Kier molecular flexibility index (Phi) is 11.2. The lowest BCUT2D eigenvalue weighted by Crippen LogP contribution is -2.72. The van der Waals surface area contributed by atoms with Crippen LogP contribution in [-0.4, -0.2) is 105 Å². The zero-order valence-corrected chi connectivity index (χ0v) is 26.2. The van der Waals surface area contributed by atoms with Crippen molar-refractivity contribution in [2.75, 3.05) is 20.3 Å². The van der Waals surface area contributed by atoms with Crippen molar-refractivity contribution in [3.63, 3.8) is 0 Å². The minimum atomic E-state index is -3.11. The molecular formula is C31H46N2O9Si. The van der Waals surface area contributed by atoms with E-state index in [-0.39, 0.29) is 5.04 Å². The van der Waals surface area contributed by atoms with Crippen molar-refractivity contribution in [2.45, 2.75) is 93.6 Å². The summed E-state index contributed by atoms with van der Waals surface area (Å²) in [4.78, 5) is 11.7. The summed E-state index contributed by atoms with van der Waals surface area (Å²) >= 11 is 0. The van der Waals surface area contributed by atoms with Crippen molar-refractivity contribution in [3.05, 3.63) is 60.7 Å². The van der Waals surface area contributed by atoms with E-state index in [1.807, 2.05) is 36.4 Å². The van der Waals surface area contributed by atoms with Gasteiger partial charge < -0.3 is 50.2 Å². The van der Waals surface area contributed by atoms with E-state index in [4.69, 9.17) is 30.1 Å². The second-order valence-corrected chi connectivity index (χ2v) is 16.6. The molecule has 0 radical (unpaired) electrons. The monoisotopic (exact) mass is 618 g/mol. The molecule has 238 valence electrons. The van der Waals surface area contributed by atoms with E-state index >= 15 is 0 Å². The number of aliphatic hydroxyl groups is 3. The Morgan fingerprint density at radius 1 is 0.953 bits per heavy atom. The maximum absolute atomic E-state index is 11.7. The van der Waals surface area contributed by atoms with E-state index in [1.54, 1.807) is 0 Å². The minimum absolute atomic E-state index is 0.362. The molecule has 4 unspecified atom stereocenters. The number of esters is 1. The third kappa shape index (κ3) is 7.04. The van der Waals surface area contributed by atoms with Gasteiger partial charge in [-0.3, -0.25) is 0 Å². The summed E-state index contributed by atoms with van der Waals surface area (Å²) < 4.78 is 29.9. The van der Waals surface area contributed by atoms with Gasteiger partial charge in [-0.2, -0.15) is 0 Å². The van der Waals surface area contributed by atoms with Gasteiger partial charge in [-0.15, -0.1) is 0 Å². The number of aliphatic hydroxyl groups excluding tert-OH is 3. The lowest BCUT2D eigenvalue weighted by atomic mass is 9.88. The lowest BCUT2D eigenvalue weighted by Gasteiger charge is -2.51. The largest absolute Gasteiger partial charge is 0.467 e. The molecule has 0 amide bonds. The summed E-state index contributed by atoms with van der Waals surface area (Å²) in [7, 11) is -1.89. The molecular weight excluding hydrogens is 572 g/mol. The van der Waals surface area contributed by atoms with E-state index in [0.29, 0.717) is 12.8 Å². The molecule has 0 spiro atoms. The standard InChI is InChI=1S/C31H46N2O9Si/c1-31(2,3)43(19-11-7-5-8-12-19,20-13-9-6-10-14-20)42-27-21(32)15-16-22(35)28(27)41-30-25(33)29(39-18-24(36)38-4)26(37)23(17-34)40-30/h5-14,21-23,25-30,34-35,37H,15-18,32-33H2,1-4H3/t21-,22-,23?,25?,26+,27+,28?,29+,30?/m0/s1. The molecule has 1 saturated carbocycles. The van der Waals surface area contributed by atoms with Crippen LogP contribution in [0.1, 0.15) is 33.6 Å². The second kappa shape index (κ2) is 14.2. The molecule has 4 rings (SSSR count). The van der Waals surface area contributed by atoms with Gasteiger partial charge in [0.15, 0.2) is 6.29 Å². The summed E-state index contributed by atoms with van der Waals surface area (Å²) in [6, 6.07) is 18.6. The fourth-order valence-corrected chi connectivity index (χ4v) is 10.9. The number of rotatable bonds is 10. The first-order chi connectivity index (χ1) is 20.4. The predicted molar refractivity (Wildman–Crippen MR) is 162 cm³/mol. The van der Waals surface area contributed by atoms with E-state index in [0.717, 1.165) is 10.4 Å². The highest BCUT2D eigenvalue weighted by atomic mass is 28.4. The maximum Gasteiger partial charge on any atom is 0.331 e.